The first-order valence-electron chi connectivity index (χ1n) is 36.4. The van der Waals surface area contributed by atoms with Crippen LogP contribution >= 0.6 is 0 Å². The summed E-state index contributed by atoms with van der Waals surface area (Å²) in [5.74, 6) is -1.62. The maximum absolute atomic E-state index is 14.6. The number of azide groups is 1. The van der Waals surface area contributed by atoms with E-state index in [1.807, 2.05) is 39.0 Å². The van der Waals surface area contributed by atoms with Crippen LogP contribution in [-0.4, -0.2) is 162 Å². The molecule has 25 heteroatoms. The van der Waals surface area contributed by atoms with Crippen LogP contribution in [0.25, 0.3) is 10.4 Å². The first-order chi connectivity index (χ1) is 48.5. The van der Waals surface area contributed by atoms with E-state index in [4.69, 9.17) is 24.5 Å². The van der Waals surface area contributed by atoms with Crippen molar-refractivity contribution in [1.29, 1.82) is 0 Å². The number of amides is 7. The number of carbonyl (C=O) groups excluding carboxylic acids is 7. The van der Waals surface area contributed by atoms with Gasteiger partial charge >= 0.3 is 16.3 Å². The zero-order valence-electron chi connectivity index (χ0n) is 60.3. The smallest absolute Gasteiger partial charge is 0.407 e. The van der Waals surface area contributed by atoms with Crippen molar-refractivity contribution >= 4 is 68.8 Å². The van der Waals surface area contributed by atoms with E-state index in [1.54, 1.807) is 19.0 Å². The van der Waals surface area contributed by atoms with Gasteiger partial charge in [-0.2, -0.15) is 8.42 Å². The first kappa shape index (κ1) is 80.4. The van der Waals surface area contributed by atoms with Crippen LogP contribution in [0.3, 0.4) is 0 Å². The fourth-order valence-corrected chi connectivity index (χ4v) is 14.1. The summed E-state index contributed by atoms with van der Waals surface area (Å²) >= 11 is 0. The minimum Gasteiger partial charge on any atom is -0.444 e. The number of halogens is 1. The van der Waals surface area contributed by atoms with Gasteiger partial charge in [-0.1, -0.05) is 121 Å². The number of likely N-dealkylation sites (N-methyl/N-ethyl adjacent to an activating group) is 2. The molecule has 8 rings (SSSR count). The van der Waals surface area contributed by atoms with Crippen LogP contribution in [0.2, 0.25) is 0 Å². The van der Waals surface area contributed by atoms with Crippen molar-refractivity contribution in [3.63, 3.8) is 0 Å². The van der Waals surface area contributed by atoms with Crippen LogP contribution in [0.15, 0.2) is 88.9 Å². The van der Waals surface area contributed by atoms with E-state index in [0.717, 1.165) is 148 Å². The molecule has 2 atom stereocenters. The lowest BCUT2D eigenvalue weighted by molar-refractivity contribution is -0.134. The first-order valence-corrected chi connectivity index (χ1v) is 37.8. The van der Waals surface area contributed by atoms with Gasteiger partial charge in [-0.05, 0) is 159 Å². The van der Waals surface area contributed by atoms with Gasteiger partial charge in [-0.3, -0.25) is 28.8 Å². The minimum atomic E-state index is -4.99. The summed E-state index contributed by atoms with van der Waals surface area (Å²) in [5.41, 5.74) is 15.5. The fourth-order valence-electron chi connectivity index (χ4n) is 13.6. The molecule has 1 heterocycles. The molecule has 23 nitrogen and oxygen atoms in total. The fraction of sp³-hybridized carbons (Fsp3) is 0.592. The predicted octanol–water partition coefficient (Wildman–Crippen LogP) is 14.0. The lowest BCUT2D eigenvalue weighted by Gasteiger charge is -2.51. The molecule has 0 spiro atoms. The number of alkyl carbamates (subject to hydrolysis) is 1. The van der Waals surface area contributed by atoms with Gasteiger partial charge in [0.05, 0.1) is 50.6 Å². The van der Waals surface area contributed by atoms with Crippen molar-refractivity contribution in [2.45, 2.75) is 216 Å². The molecular weight excluding hydrogens is 1310 g/mol. The Morgan fingerprint density at radius 2 is 1.04 bits per heavy atom. The third-order valence-corrected chi connectivity index (χ3v) is 19.7. The van der Waals surface area contributed by atoms with Gasteiger partial charge in [0.25, 0.3) is 5.91 Å². The molecule has 4 aliphatic rings. The Hall–Kier alpha value is -7.96. The van der Waals surface area contributed by atoms with Gasteiger partial charge in [0.1, 0.15) is 11.6 Å². The number of ether oxygens (including phenoxy) is 4. The van der Waals surface area contributed by atoms with E-state index in [1.165, 1.54) is 22.6 Å². The molecule has 7 amide bonds. The average molecular weight is 1420 g/mol. The van der Waals surface area contributed by atoms with Crippen LogP contribution < -0.4 is 21.3 Å². The van der Waals surface area contributed by atoms with Crippen molar-refractivity contribution in [3.8, 4) is 0 Å². The summed E-state index contributed by atoms with van der Waals surface area (Å²) < 4.78 is 59.0. The molecule has 1 aliphatic heterocycles. The quantitative estimate of drug-likeness (QED) is 0.0105. The molecule has 4 aromatic rings. The van der Waals surface area contributed by atoms with Crippen LogP contribution in [0, 0.1) is 0 Å². The Balaban J connectivity index is 0.985. The third kappa shape index (κ3) is 24.1. The molecule has 552 valence electrons. The number of carbonyl (C=O) groups is 7. The number of nitrogens with one attached hydrogen (secondary N) is 4. The molecule has 0 saturated carbocycles. The number of likely N-dealkylation sites (tertiary alicyclic amines) is 1. The number of nitrogens with zero attached hydrogens (tertiary/aromatic N) is 6. The molecule has 101 heavy (non-hydrogen) atoms. The molecular formula is C76H107FN10O13S. The van der Waals surface area contributed by atoms with Crippen LogP contribution in [-0.2, 0) is 58.6 Å². The Kier molecular flexibility index (Phi) is 31.9. The van der Waals surface area contributed by atoms with Crippen molar-refractivity contribution in [3.05, 3.63) is 128 Å². The van der Waals surface area contributed by atoms with Gasteiger partial charge in [-0.15, -0.1) is 3.89 Å². The maximum Gasteiger partial charge on any atom is 0.407 e. The highest BCUT2D eigenvalue weighted by molar-refractivity contribution is 7.86. The van der Waals surface area contributed by atoms with Crippen molar-refractivity contribution < 1.29 is 64.8 Å². The van der Waals surface area contributed by atoms with Crippen LogP contribution in [0.4, 0.5) is 25.7 Å². The Labute approximate surface area is 596 Å². The highest BCUT2D eigenvalue weighted by Crippen LogP contribution is 2.62. The number of rotatable bonds is 44. The molecule has 0 radical (unpaired) electrons. The van der Waals surface area contributed by atoms with E-state index in [0.29, 0.717) is 55.7 Å². The largest absolute Gasteiger partial charge is 0.444 e. The number of hydrogen-bond donors (Lipinski definition) is 4. The normalized spacial score (nSPS) is 16.5. The maximum atomic E-state index is 14.6. The van der Waals surface area contributed by atoms with Gasteiger partial charge in [0, 0.05) is 105 Å². The standard InChI is InChI=1S/C76H107FN10O13S/c1-8-10-12-14-17-21-25-67(88)80-55-30-35-60-63(49-55)76(39-38-70(91)85(6)41-43-97-45-47-99-48-46-98-44-42-86(7)73(93)66-52-58(83-84-78)53-87(66)72(92)54-28-33-59(34-29-54)101(77,95)96)64-50-56(81-68(89)26-22-18-15-13-11-9-2)31-36-61(64)71(60)62-37-32-57(51-65(62)76)82-69(90)27-23-19-16-20-24-40-79-74(94)100-75(3,4)5/h28-37,49-51,58,66,71H,8-27,38-48,52-53H2,1-7H3,(H,79,94)(H,80,88)(H,81,89)(H,82,90)/t58-,66?,71?,76?/m0/s1. The molecule has 2 bridgehead atoms. The van der Waals surface area contributed by atoms with Crippen LogP contribution in [0.1, 0.15) is 232 Å². The SMILES string of the molecule is CCCCCCCCC(=O)Nc1ccc2c(c1)C1(CCC(=O)N(C)CCOCCOCCOCCN(C)C(=O)C3C[C@H](N=[N+]=[N-])CN3C(=O)c3ccc(S(=O)(=O)F)cc3)c3cc(NC(=O)CCCCCCCC)ccc3C2c2ccc(NC(=O)CCCCCCCNC(=O)OC(C)(C)C)cc21. The number of unbranched alkanes of at least 4 members (excludes halogenated alkanes) is 14. The van der Waals surface area contributed by atoms with E-state index in [-0.39, 0.29) is 107 Å². The predicted molar refractivity (Wildman–Crippen MR) is 388 cm³/mol. The van der Waals surface area contributed by atoms with Crippen molar-refractivity contribution in [2.24, 2.45) is 5.11 Å². The molecule has 1 unspecified atom stereocenters. The van der Waals surface area contributed by atoms with E-state index < -0.39 is 56.1 Å². The summed E-state index contributed by atoms with van der Waals surface area (Å²) in [6.07, 6.45) is 17.9. The summed E-state index contributed by atoms with van der Waals surface area (Å²) in [7, 11) is -1.68. The highest BCUT2D eigenvalue weighted by Gasteiger charge is 2.52. The molecule has 1 saturated heterocycles. The molecule has 1 fully saturated rings. The zero-order valence-corrected chi connectivity index (χ0v) is 61.2. The van der Waals surface area contributed by atoms with E-state index in [2.05, 4.69) is 81.5 Å². The Morgan fingerprint density at radius 3 is 1.49 bits per heavy atom. The second-order valence-electron chi connectivity index (χ2n) is 27.8. The molecule has 4 aromatic carbocycles. The topological polar surface area (TPSA) is 297 Å². The lowest BCUT2D eigenvalue weighted by atomic mass is 9.51. The van der Waals surface area contributed by atoms with Gasteiger partial charge in [-0.25, -0.2) is 4.79 Å². The molecule has 4 N–H and O–H groups in total. The number of benzene rings is 4. The van der Waals surface area contributed by atoms with E-state index in [9.17, 15) is 45.9 Å². The lowest BCUT2D eigenvalue weighted by Crippen LogP contribution is -2.47. The van der Waals surface area contributed by atoms with Gasteiger partial charge < -0.3 is 54.9 Å². The second-order valence-corrected chi connectivity index (χ2v) is 29.2. The zero-order chi connectivity index (χ0) is 73.0. The van der Waals surface area contributed by atoms with Gasteiger partial charge in [0.2, 0.25) is 29.5 Å². The number of anilines is 3. The average Bonchev–Trinajstić information content (AvgIpc) is 0.937. The number of hydrogen-bond acceptors (Lipinski definition) is 14. The highest BCUT2D eigenvalue weighted by atomic mass is 32.3. The second kappa shape index (κ2) is 40.0. The summed E-state index contributed by atoms with van der Waals surface area (Å²) in [6.45, 7) is 12.1. The summed E-state index contributed by atoms with van der Waals surface area (Å²) in [4.78, 5) is 102. The Bertz CT molecular complexity index is 3520. The van der Waals surface area contributed by atoms with Gasteiger partial charge in [0.15, 0.2) is 0 Å². The monoisotopic (exact) mass is 1420 g/mol. The van der Waals surface area contributed by atoms with E-state index >= 15 is 0 Å². The summed E-state index contributed by atoms with van der Waals surface area (Å²) in [6, 6.07) is 21.0. The molecule has 3 aliphatic carbocycles. The molecule has 0 aromatic heterocycles. The van der Waals surface area contributed by atoms with Crippen LogP contribution in [0.5, 0.6) is 0 Å². The minimum absolute atomic E-state index is 0.0326. The van der Waals surface area contributed by atoms with Crippen molar-refractivity contribution in [1.82, 2.24) is 20.0 Å². The Morgan fingerprint density at radius 1 is 0.604 bits per heavy atom. The summed E-state index contributed by atoms with van der Waals surface area (Å²) in [5, 5.41) is 16.2. The van der Waals surface area contributed by atoms with Crippen molar-refractivity contribution in [2.75, 3.05) is 95.9 Å². The third-order valence-electron chi connectivity index (χ3n) is 18.9.